The van der Waals surface area contributed by atoms with Crippen molar-refractivity contribution in [2.24, 2.45) is 0 Å². The molecule has 1 aliphatic carbocycles. The molecule has 1 saturated heterocycles. The molecule has 5 heteroatoms. The van der Waals surface area contributed by atoms with Gasteiger partial charge in [0.05, 0.1) is 12.1 Å². The fourth-order valence-electron chi connectivity index (χ4n) is 4.11. The molecule has 4 rings (SSSR count). The van der Waals surface area contributed by atoms with Crippen molar-refractivity contribution in [1.29, 1.82) is 0 Å². The highest BCUT2D eigenvalue weighted by Crippen LogP contribution is 2.45. The maximum absolute atomic E-state index is 12.6. The van der Waals surface area contributed by atoms with Crippen molar-refractivity contribution in [2.45, 2.75) is 44.6 Å². The summed E-state index contributed by atoms with van der Waals surface area (Å²) < 4.78 is 1.77. The third kappa shape index (κ3) is 2.44. The number of amides is 1. The van der Waals surface area contributed by atoms with Gasteiger partial charge in [-0.1, -0.05) is 29.5 Å². The fourth-order valence-corrected chi connectivity index (χ4v) is 4.11. The molecule has 1 aromatic heterocycles. The Hall–Kier alpha value is -2.17. The predicted octanol–water partition coefficient (Wildman–Crippen LogP) is 1.96. The third-order valence-corrected chi connectivity index (χ3v) is 5.41. The van der Waals surface area contributed by atoms with Crippen LogP contribution >= 0.6 is 0 Å². The summed E-state index contributed by atoms with van der Waals surface area (Å²) >= 11 is 0. The predicted molar refractivity (Wildman–Crippen MR) is 87.0 cm³/mol. The van der Waals surface area contributed by atoms with Gasteiger partial charge >= 0.3 is 0 Å². The number of nitrogens with zero attached hydrogens (tertiary/aromatic N) is 4. The van der Waals surface area contributed by atoms with Gasteiger partial charge in [-0.2, -0.15) is 0 Å². The minimum absolute atomic E-state index is 0.175. The number of benzene rings is 1. The highest BCUT2D eigenvalue weighted by molar-refractivity contribution is 5.79. The first-order chi connectivity index (χ1) is 11.2. The average Bonchev–Trinajstić information content (AvgIpc) is 3.28. The van der Waals surface area contributed by atoms with E-state index < -0.39 is 0 Å². The summed E-state index contributed by atoms with van der Waals surface area (Å²) in [5, 5.41) is 8.10. The van der Waals surface area contributed by atoms with Crippen molar-refractivity contribution in [3.05, 3.63) is 47.3 Å². The standard InChI is InChI=1S/C18H22N4O/c1-2-22-12-15(19-20-22)11-17(23)21-10-9-18(13-21)8-7-14-5-3-4-6-16(14)18/h3-6,12H,2,7-11,13H2,1H3/t18-/m0/s1. The molecular weight excluding hydrogens is 288 g/mol. The van der Waals surface area contributed by atoms with Gasteiger partial charge in [-0.15, -0.1) is 5.10 Å². The zero-order chi connectivity index (χ0) is 15.9. The molecule has 1 atom stereocenters. The Balaban J connectivity index is 1.47. The van der Waals surface area contributed by atoms with Gasteiger partial charge in [-0.3, -0.25) is 9.48 Å². The van der Waals surface area contributed by atoms with Crippen LogP contribution in [0.1, 0.15) is 36.6 Å². The molecule has 2 aromatic rings. The lowest BCUT2D eigenvalue weighted by molar-refractivity contribution is -0.129. The molecule has 0 N–H and O–H groups in total. The summed E-state index contributed by atoms with van der Waals surface area (Å²) in [5.74, 6) is 0.175. The molecule has 2 aliphatic rings. The van der Waals surface area contributed by atoms with Crippen molar-refractivity contribution in [2.75, 3.05) is 13.1 Å². The average molecular weight is 310 g/mol. The Morgan fingerprint density at radius 3 is 3.00 bits per heavy atom. The number of aryl methyl sites for hydroxylation is 2. The van der Waals surface area contributed by atoms with Gasteiger partial charge in [0, 0.05) is 31.2 Å². The molecule has 0 saturated carbocycles. The largest absolute Gasteiger partial charge is 0.341 e. The number of likely N-dealkylation sites (tertiary alicyclic amines) is 1. The number of carbonyl (C=O) groups excluding carboxylic acids is 1. The van der Waals surface area contributed by atoms with E-state index in [1.807, 2.05) is 18.0 Å². The van der Waals surface area contributed by atoms with Gasteiger partial charge in [0.1, 0.15) is 0 Å². The summed E-state index contributed by atoms with van der Waals surface area (Å²) in [7, 11) is 0. The summed E-state index contributed by atoms with van der Waals surface area (Å²) in [5.41, 5.74) is 3.89. The van der Waals surface area contributed by atoms with Crippen molar-refractivity contribution in [3.8, 4) is 0 Å². The van der Waals surface area contributed by atoms with E-state index in [1.165, 1.54) is 17.5 Å². The van der Waals surface area contributed by atoms with Gasteiger partial charge in [0.25, 0.3) is 0 Å². The van der Waals surface area contributed by atoms with Crippen LogP contribution in [0.5, 0.6) is 0 Å². The van der Waals surface area contributed by atoms with Crippen LogP contribution in [-0.4, -0.2) is 38.9 Å². The summed E-state index contributed by atoms with van der Waals surface area (Å²) in [4.78, 5) is 14.6. The molecule has 0 bridgehead atoms. The highest BCUT2D eigenvalue weighted by atomic mass is 16.2. The minimum Gasteiger partial charge on any atom is -0.341 e. The third-order valence-electron chi connectivity index (χ3n) is 5.41. The number of aromatic nitrogens is 3. The highest BCUT2D eigenvalue weighted by Gasteiger charge is 2.44. The maximum Gasteiger partial charge on any atom is 0.228 e. The summed E-state index contributed by atoms with van der Waals surface area (Å²) in [6.45, 7) is 4.51. The number of hydrogen-bond donors (Lipinski definition) is 0. The molecule has 1 spiro atoms. The maximum atomic E-state index is 12.6. The first-order valence-electron chi connectivity index (χ1n) is 8.45. The molecular formula is C18H22N4O. The summed E-state index contributed by atoms with van der Waals surface area (Å²) in [6, 6.07) is 8.73. The van der Waals surface area contributed by atoms with Crippen LogP contribution in [0.4, 0.5) is 0 Å². The summed E-state index contributed by atoms with van der Waals surface area (Å²) in [6.07, 6.45) is 5.62. The second kappa shape index (κ2) is 5.48. The van der Waals surface area contributed by atoms with Gasteiger partial charge in [-0.25, -0.2) is 0 Å². The van der Waals surface area contributed by atoms with Crippen LogP contribution in [0, 0.1) is 0 Å². The molecule has 0 unspecified atom stereocenters. The molecule has 1 aliphatic heterocycles. The van der Waals surface area contributed by atoms with Crippen LogP contribution in [-0.2, 0) is 29.6 Å². The first kappa shape index (κ1) is 14.4. The van der Waals surface area contributed by atoms with E-state index in [9.17, 15) is 4.79 Å². The SMILES string of the molecule is CCn1cc(CC(=O)N2CC[C@@]3(CCc4ccccc43)C2)nn1. The lowest BCUT2D eigenvalue weighted by atomic mass is 9.81. The monoisotopic (exact) mass is 310 g/mol. The van der Waals surface area contributed by atoms with Gasteiger partial charge < -0.3 is 4.90 Å². The Morgan fingerprint density at radius 1 is 1.30 bits per heavy atom. The molecule has 1 aromatic carbocycles. The molecule has 5 nitrogen and oxygen atoms in total. The molecule has 1 amide bonds. The second-order valence-electron chi connectivity index (χ2n) is 6.75. The van der Waals surface area contributed by atoms with E-state index in [1.54, 1.807) is 4.68 Å². The Morgan fingerprint density at radius 2 is 2.17 bits per heavy atom. The number of hydrogen-bond acceptors (Lipinski definition) is 3. The first-order valence-corrected chi connectivity index (χ1v) is 8.45. The smallest absolute Gasteiger partial charge is 0.228 e. The van der Waals surface area contributed by atoms with Crippen LogP contribution in [0.25, 0.3) is 0 Å². The van der Waals surface area contributed by atoms with E-state index >= 15 is 0 Å². The topological polar surface area (TPSA) is 51.0 Å². The Labute approximate surface area is 136 Å². The molecule has 0 radical (unpaired) electrons. The van der Waals surface area contributed by atoms with Crippen molar-refractivity contribution < 1.29 is 4.79 Å². The minimum atomic E-state index is 0.175. The number of carbonyl (C=O) groups is 1. The van der Waals surface area contributed by atoms with Crippen molar-refractivity contribution in [1.82, 2.24) is 19.9 Å². The van der Waals surface area contributed by atoms with Gasteiger partial charge in [-0.05, 0) is 37.3 Å². The second-order valence-corrected chi connectivity index (χ2v) is 6.75. The van der Waals surface area contributed by atoms with Crippen molar-refractivity contribution >= 4 is 5.91 Å². The van der Waals surface area contributed by atoms with E-state index in [-0.39, 0.29) is 11.3 Å². The zero-order valence-corrected chi connectivity index (χ0v) is 13.5. The number of fused-ring (bicyclic) bond motifs is 2. The van der Waals surface area contributed by atoms with E-state index in [0.717, 1.165) is 38.2 Å². The van der Waals surface area contributed by atoms with Crippen LogP contribution in [0.2, 0.25) is 0 Å². The number of rotatable bonds is 3. The lowest BCUT2D eigenvalue weighted by Gasteiger charge is -2.25. The van der Waals surface area contributed by atoms with Crippen LogP contribution in [0.3, 0.4) is 0 Å². The Kier molecular flexibility index (Phi) is 3.43. The fraction of sp³-hybridized carbons (Fsp3) is 0.500. The van der Waals surface area contributed by atoms with Crippen LogP contribution < -0.4 is 0 Å². The quantitative estimate of drug-likeness (QED) is 0.871. The normalized spacial score (nSPS) is 22.7. The van der Waals surface area contributed by atoms with Gasteiger partial charge in [0.15, 0.2) is 0 Å². The van der Waals surface area contributed by atoms with E-state index in [4.69, 9.17) is 0 Å². The lowest BCUT2D eigenvalue weighted by Crippen LogP contribution is -2.34. The molecule has 1 fully saturated rings. The van der Waals surface area contributed by atoms with Gasteiger partial charge in [0.2, 0.25) is 5.91 Å². The van der Waals surface area contributed by atoms with E-state index in [2.05, 4.69) is 34.6 Å². The van der Waals surface area contributed by atoms with Crippen LogP contribution in [0.15, 0.2) is 30.5 Å². The van der Waals surface area contributed by atoms with E-state index in [0.29, 0.717) is 6.42 Å². The zero-order valence-electron chi connectivity index (χ0n) is 13.5. The Bertz CT molecular complexity index is 738. The molecule has 120 valence electrons. The molecule has 2 heterocycles. The molecule has 23 heavy (non-hydrogen) atoms. The van der Waals surface area contributed by atoms with Crippen molar-refractivity contribution in [3.63, 3.8) is 0 Å².